The summed E-state index contributed by atoms with van der Waals surface area (Å²) in [7, 11) is 0. The van der Waals surface area contributed by atoms with Gasteiger partial charge in [0.1, 0.15) is 6.54 Å². The highest BCUT2D eigenvalue weighted by atomic mass is 19.4. The van der Waals surface area contributed by atoms with Crippen LogP contribution in [-0.2, 0) is 18.1 Å². The lowest BCUT2D eigenvalue weighted by atomic mass is 9.96. The highest BCUT2D eigenvalue weighted by Gasteiger charge is 2.31. The maximum Gasteiger partial charge on any atom is 0.416 e. The Morgan fingerprint density at radius 1 is 1.29 bits per heavy atom. The van der Waals surface area contributed by atoms with Crippen molar-refractivity contribution in [2.24, 2.45) is 0 Å². The minimum atomic E-state index is -4.54. The van der Waals surface area contributed by atoms with Gasteiger partial charge < -0.3 is 9.09 Å². The van der Waals surface area contributed by atoms with E-state index in [1.54, 1.807) is 0 Å². The molecule has 0 bridgehead atoms. The van der Waals surface area contributed by atoms with Gasteiger partial charge >= 0.3 is 6.18 Å². The smallest absolute Gasteiger partial charge is 0.337 e. The average molecular weight is 301 g/mol. The molecular formula is C13H14F3N3O2. The summed E-state index contributed by atoms with van der Waals surface area (Å²) in [5, 5.41) is 3.79. The molecule has 2 aromatic heterocycles. The van der Waals surface area contributed by atoms with Crippen LogP contribution in [-0.4, -0.2) is 14.7 Å². The van der Waals surface area contributed by atoms with E-state index in [4.69, 9.17) is 4.52 Å². The summed E-state index contributed by atoms with van der Waals surface area (Å²) in [5.74, 6) is 0.638. The third-order valence-electron chi connectivity index (χ3n) is 2.77. The standard InChI is InChI=1S/C13H14F3N3O2/c1-12(2,3)11-17-9(21-18-11)7-19-5-4-8(6-10(19)20)13(14,15)16/h4-6H,7H2,1-3H3. The number of halogens is 3. The van der Waals surface area contributed by atoms with Crippen molar-refractivity contribution in [3.8, 4) is 0 Å². The summed E-state index contributed by atoms with van der Waals surface area (Å²) < 4.78 is 43.5. The van der Waals surface area contributed by atoms with Crippen molar-refractivity contribution in [3.05, 3.63) is 46.0 Å². The first-order chi connectivity index (χ1) is 9.57. The zero-order valence-electron chi connectivity index (χ0n) is 11.7. The van der Waals surface area contributed by atoms with Gasteiger partial charge in [-0.2, -0.15) is 18.2 Å². The van der Waals surface area contributed by atoms with Gasteiger partial charge in [-0.1, -0.05) is 25.9 Å². The van der Waals surface area contributed by atoms with Gasteiger partial charge in [0.05, 0.1) is 5.56 Å². The van der Waals surface area contributed by atoms with Gasteiger partial charge in [0.2, 0.25) is 5.89 Å². The molecule has 0 atom stereocenters. The first-order valence-corrected chi connectivity index (χ1v) is 6.18. The Kier molecular flexibility index (Phi) is 3.65. The lowest BCUT2D eigenvalue weighted by molar-refractivity contribution is -0.137. The number of rotatable bonds is 2. The Bertz CT molecular complexity index is 696. The van der Waals surface area contributed by atoms with Crippen LogP contribution in [0.4, 0.5) is 13.2 Å². The van der Waals surface area contributed by atoms with Gasteiger partial charge in [0.25, 0.3) is 5.56 Å². The van der Waals surface area contributed by atoms with Crippen LogP contribution in [0.5, 0.6) is 0 Å². The summed E-state index contributed by atoms with van der Waals surface area (Å²) in [6.45, 7) is 5.61. The molecule has 0 fully saturated rings. The number of hydrogen-bond donors (Lipinski definition) is 0. The molecule has 0 radical (unpaired) electrons. The van der Waals surface area contributed by atoms with Crippen LogP contribution < -0.4 is 5.56 Å². The largest absolute Gasteiger partial charge is 0.416 e. The third-order valence-corrected chi connectivity index (χ3v) is 2.77. The lowest BCUT2D eigenvalue weighted by Gasteiger charge is -2.11. The van der Waals surface area contributed by atoms with Crippen molar-refractivity contribution in [1.29, 1.82) is 0 Å². The van der Waals surface area contributed by atoms with Crippen molar-refractivity contribution in [2.75, 3.05) is 0 Å². The SMILES string of the molecule is CC(C)(C)c1noc(Cn2ccc(C(F)(F)F)cc2=O)n1. The zero-order chi connectivity index (χ0) is 15.8. The Morgan fingerprint density at radius 3 is 2.43 bits per heavy atom. The second-order valence-electron chi connectivity index (χ2n) is 5.64. The predicted molar refractivity (Wildman–Crippen MR) is 67.8 cm³/mol. The van der Waals surface area contributed by atoms with Gasteiger partial charge in [-0.05, 0) is 6.07 Å². The Morgan fingerprint density at radius 2 is 1.95 bits per heavy atom. The van der Waals surface area contributed by atoms with Crippen molar-refractivity contribution in [3.63, 3.8) is 0 Å². The first-order valence-electron chi connectivity index (χ1n) is 6.18. The molecule has 2 aromatic rings. The molecule has 0 aliphatic rings. The maximum absolute atomic E-state index is 12.5. The van der Waals surface area contributed by atoms with Crippen LogP contribution in [0.2, 0.25) is 0 Å². The van der Waals surface area contributed by atoms with E-state index in [1.807, 2.05) is 20.8 Å². The zero-order valence-corrected chi connectivity index (χ0v) is 11.7. The summed E-state index contributed by atoms with van der Waals surface area (Å²) >= 11 is 0. The minimum Gasteiger partial charge on any atom is -0.337 e. The summed E-state index contributed by atoms with van der Waals surface area (Å²) in [6, 6.07) is 1.38. The second-order valence-corrected chi connectivity index (χ2v) is 5.64. The van der Waals surface area contributed by atoms with Crippen LogP contribution in [0.15, 0.2) is 27.6 Å². The number of alkyl halides is 3. The van der Waals surface area contributed by atoms with Crippen molar-refractivity contribution in [1.82, 2.24) is 14.7 Å². The number of pyridine rings is 1. The monoisotopic (exact) mass is 301 g/mol. The molecule has 2 heterocycles. The molecule has 0 spiro atoms. The van der Waals surface area contributed by atoms with E-state index in [0.717, 1.165) is 16.8 Å². The minimum absolute atomic E-state index is 0.0694. The predicted octanol–water partition coefficient (Wildman–Crippen LogP) is 2.60. The van der Waals surface area contributed by atoms with Gasteiger partial charge in [0.15, 0.2) is 5.82 Å². The Labute approximate surface area is 118 Å². The van der Waals surface area contributed by atoms with Gasteiger partial charge in [0, 0.05) is 17.7 Å². The lowest BCUT2D eigenvalue weighted by Crippen LogP contribution is -2.22. The number of aromatic nitrogens is 3. The Balaban J connectivity index is 2.25. The van der Waals surface area contributed by atoms with Gasteiger partial charge in [-0.3, -0.25) is 4.79 Å². The molecular weight excluding hydrogens is 287 g/mol. The van der Waals surface area contributed by atoms with E-state index in [2.05, 4.69) is 10.1 Å². The van der Waals surface area contributed by atoms with Gasteiger partial charge in [-0.25, -0.2) is 0 Å². The van der Waals surface area contributed by atoms with Crippen molar-refractivity contribution >= 4 is 0 Å². The molecule has 0 saturated heterocycles. The third kappa shape index (κ3) is 3.50. The molecule has 0 saturated carbocycles. The van der Waals surface area contributed by atoms with Crippen LogP contribution in [0.3, 0.4) is 0 Å². The fourth-order valence-electron chi connectivity index (χ4n) is 1.58. The molecule has 0 aliphatic carbocycles. The maximum atomic E-state index is 12.5. The van der Waals surface area contributed by atoms with Crippen LogP contribution in [0.1, 0.15) is 38.0 Å². The highest BCUT2D eigenvalue weighted by molar-refractivity contribution is 5.15. The van der Waals surface area contributed by atoms with E-state index < -0.39 is 17.3 Å². The Hall–Kier alpha value is -2.12. The molecule has 0 aromatic carbocycles. The van der Waals surface area contributed by atoms with E-state index in [1.165, 1.54) is 0 Å². The molecule has 114 valence electrons. The van der Waals surface area contributed by atoms with Crippen LogP contribution >= 0.6 is 0 Å². The summed E-state index contributed by atoms with van der Waals surface area (Å²) in [4.78, 5) is 15.8. The van der Waals surface area contributed by atoms with Crippen LogP contribution in [0.25, 0.3) is 0 Å². The second kappa shape index (κ2) is 5.01. The number of nitrogens with zero attached hydrogens (tertiary/aromatic N) is 3. The van der Waals surface area contributed by atoms with E-state index in [0.29, 0.717) is 11.9 Å². The number of hydrogen-bond acceptors (Lipinski definition) is 4. The fourth-order valence-corrected chi connectivity index (χ4v) is 1.58. The normalized spacial score (nSPS) is 12.7. The van der Waals surface area contributed by atoms with E-state index in [-0.39, 0.29) is 17.9 Å². The highest BCUT2D eigenvalue weighted by Crippen LogP contribution is 2.27. The fraction of sp³-hybridized carbons (Fsp3) is 0.462. The molecule has 8 heteroatoms. The molecule has 2 rings (SSSR count). The molecule has 0 aliphatic heterocycles. The molecule has 0 N–H and O–H groups in total. The topological polar surface area (TPSA) is 60.9 Å². The van der Waals surface area contributed by atoms with Crippen molar-refractivity contribution in [2.45, 2.75) is 38.9 Å². The molecule has 0 unspecified atom stereocenters. The van der Waals surface area contributed by atoms with E-state index >= 15 is 0 Å². The van der Waals surface area contributed by atoms with Crippen molar-refractivity contribution < 1.29 is 17.7 Å². The quantitative estimate of drug-likeness (QED) is 0.855. The van der Waals surface area contributed by atoms with Gasteiger partial charge in [-0.15, -0.1) is 0 Å². The average Bonchev–Trinajstić information content (AvgIpc) is 2.78. The summed E-state index contributed by atoms with van der Waals surface area (Å²) in [6.07, 6.45) is -3.48. The molecule has 0 amide bonds. The molecule has 21 heavy (non-hydrogen) atoms. The summed E-state index contributed by atoms with van der Waals surface area (Å²) in [5.41, 5.74) is -2.07. The molecule has 5 nitrogen and oxygen atoms in total. The first kappa shape index (κ1) is 15.3. The van der Waals surface area contributed by atoms with E-state index in [9.17, 15) is 18.0 Å². The van der Waals surface area contributed by atoms with Crippen LogP contribution in [0, 0.1) is 0 Å².